The Kier molecular flexibility index (Phi) is 7.52. The van der Waals surface area contributed by atoms with Crippen LogP contribution in [0.1, 0.15) is 25.0 Å². The number of nitrogens with zero attached hydrogens (tertiary/aromatic N) is 1. The Morgan fingerprint density at radius 1 is 0.909 bits per heavy atom. The molecule has 0 amide bonds. The second-order valence-electron chi connectivity index (χ2n) is 7.95. The van der Waals surface area contributed by atoms with Gasteiger partial charge < -0.3 is 18.9 Å². The zero-order chi connectivity index (χ0) is 24.1. The largest absolute Gasteiger partial charge is 0.493 e. The van der Waals surface area contributed by atoms with Gasteiger partial charge in [-0.15, -0.1) is 0 Å². The zero-order valence-corrected chi connectivity index (χ0v) is 19.1. The van der Waals surface area contributed by atoms with E-state index in [1.165, 1.54) is 26.2 Å². The molecule has 2 aliphatic rings. The van der Waals surface area contributed by atoms with E-state index in [0.29, 0.717) is 30.1 Å². The summed E-state index contributed by atoms with van der Waals surface area (Å²) in [4.78, 5) is 33.1. The molecule has 176 valence electrons. The van der Waals surface area contributed by atoms with E-state index in [2.05, 4.69) is 0 Å². The summed E-state index contributed by atoms with van der Waals surface area (Å²) < 4.78 is 21.3. The average Bonchev–Trinajstić information content (AvgIpc) is 2.82. The SMILES string of the molecule is COc1ccc([N+](=O)[O-])c2c1OCC(C(C)=O)C2.COc1cccc2c1OCC(C(C)=O)C2. The molecule has 0 saturated heterocycles. The van der Waals surface area contributed by atoms with Gasteiger partial charge in [0.2, 0.25) is 0 Å². The van der Waals surface area contributed by atoms with Crippen LogP contribution >= 0.6 is 0 Å². The molecule has 2 heterocycles. The number of nitro benzene ring substituents is 1. The number of hydrogen-bond donors (Lipinski definition) is 0. The van der Waals surface area contributed by atoms with Crippen molar-refractivity contribution in [3.63, 3.8) is 0 Å². The minimum Gasteiger partial charge on any atom is -0.493 e. The Balaban J connectivity index is 0.000000189. The van der Waals surface area contributed by atoms with Crippen LogP contribution in [0.5, 0.6) is 23.0 Å². The van der Waals surface area contributed by atoms with Gasteiger partial charge in [0.25, 0.3) is 5.69 Å². The van der Waals surface area contributed by atoms with Crippen LogP contribution in [0.25, 0.3) is 0 Å². The third-order valence-corrected chi connectivity index (χ3v) is 5.82. The Morgan fingerprint density at radius 3 is 2.06 bits per heavy atom. The van der Waals surface area contributed by atoms with Gasteiger partial charge in [-0.3, -0.25) is 19.7 Å². The summed E-state index contributed by atoms with van der Waals surface area (Å²) in [6.45, 7) is 3.77. The molecule has 9 heteroatoms. The summed E-state index contributed by atoms with van der Waals surface area (Å²) in [6.07, 6.45) is 1.07. The van der Waals surface area contributed by atoms with E-state index in [4.69, 9.17) is 18.9 Å². The van der Waals surface area contributed by atoms with Crippen LogP contribution in [-0.2, 0) is 22.4 Å². The molecule has 2 aromatic carbocycles. The highest BCUT2D eigenvalue weighted by Crippen LogP contribution is 2.41. The van der Waals surface area contributed by atoms with Crippen molar-refractivity contribution < 1.29 is 33.5 Å². The van der Waals surface area contributed by atoms with Crippen LogP contribution in [0.4, 0.5) is 5.69 Å². The van der Waals surface area contributed by atoms with Crippen molar-refractivity contribution in [2.75, 3.05) is 27.4 Å². The number of fused-ring (bicyclic) bond motifs is 2. The molecule has 0 bridgehead atoms. The first kappa shape index (κ1) is 24.0. The second kappa shape index (κ2) is 10.3. The van der Waals surface area contributed by atoms with E-state index >= 15 is 0 Å². The van der Waals surface area contributed by atoms with E-state index in [9.17, 15) is 19.7 Å². The van der Waals surface area contributed by atoms with Crippen molar-refractivity contribution in [3.05, 3.63) is 51.6 Å². The lowest BCUT2D eigenvalue weighted by Gasteiger charge is -2.24. The van der Waals surface area contributed by atoms with Crippen LogP contribution < -0.4 is 18.9 Å². The highest BCUT2D eigenvalue weighted by Gasteiger charge is 2.32. The number of para-hydroxylation sites is 1. The fourth-order valence-electron chi connectivity index (χ4n) is 3.85. The van der Waals surface area contributed by atoms with Crippen molar-refractivity contribution in [1.29, 1.82) is 0 Å². The first-order valence-corrected chi connectivity index (χ1v) is 10.5. The number of ketones is 2. The van der Waals surface area contributed by atoms with E-state index in [1.54, 1.807) is 14.0 Å². The first-order valence-electron chi connectivity index (χ1n) is 10.5. The number of carbonyl (C=O) groups is 2. The highest BCUT2D eigenvalue weighted by molar-refractivity contribution is 5.80. The Hall–Kier alpha value is -3.62. The van der Waals surface area contributed by atoms with Crippen LogP contribution in [0.15, 0.2) is 30.3 Å². The molecule has 0 aromatic heterocycles. The van der Waals surface area contributed by atoms with Crippen LogP contribution in [0, 0.1) is 22.0 Å². The van der Waals surface area contributed by atoms with Crippen molar-refractivity contribution >= 4 is 17.3 Å². The predicted octanol–water partition coefficient (Wildman–Crippen LogP) is 3.58. The summed E-state index contributed by atoms with van der Waals surface area (Å²) in [7, 11) is 3.10. The van der Waals surface area contributed by atoms with Gasteiger partial charge in [0, 0.05) is 6.07 Å². The molecule has 2 unspecified atom stereocenters. The number of carbonyl (C=O) groups excluding carboxylic acids is 2. The van der Waals surface area contributed by atoms with E-state index in [0.717, 1.165) is 23.5 Å². The van der Waals surface area contributed by atoms with Crippen LogP contribution in [-0.4, -0.2) is 43.9 Å². The molecular weight excluding hydrogens is 430 g/mol. The van der Waals surface area contributed by atoms with Gasteiger partial charge in [0.1, 0.15) is 11.6 Å². The highest BCUT2D eigenvalue weighted by atomic mass is 16.6. The first-order chi connectivity index (χ1) is 15.8. The van der Waals surface area contributed by atoms with Gasteiger partial charge in [-0.1, -0.05) is 12.1 Å². The maximum absolute atomic E-state index is 11.4. The number of hydrogen-bond acceptors (Lipinski definition) is 8. The summed E-state index contributed by atoms with van der Waals surface area (Å²) in [5, 5.41) is 11.0. The molecule has 2 aromatic rings. The fourth-order valence-corrected chi connectivity index (χ4v) is 3.85. The van der Waals surface area contributed by atoms with Gasteiger partial charge >= 0.3 is 0 Å². The second-order valence-corrected chi connectivity index (χ2v) is 7.95. The maximum atomic E-state index is 11.4. The zero-order valence-electron chi connectivity index (χ0n) is 19.1. The predicted molar refractivity (Wildman–Crippen MR) is 119 cm³/mol. The minimum absolute atomic E-state index is 0.00962. The average molecular weight is 457 g/mol. The number of ether oxygens (including phenoxy) is 4. The van der Waals surface area contributed by atoms with Crippen LogP contribution in [0.2, 0.25) is 0 Å². The third kappa shape index (κ3) is 5.24. The maximum Gasteiger partial charge on any atom is 0.276 e. The number of rotatable bonds is 5. The van der Waals surface area contributed by atoms with Crippen molar-refractivity contribution in [2.45, 2.75) is 26.7 Å². The molecule has 0 spiro atoms. The normalized spacial score (nSPS) is 18.2. The van der Waals surface area contributed by atoms with E-state index in [1.807, 2.05) is 18.2 Å². The van der Waals surface area contributed by atoms with Crippen molar-refractivity contribution in [3.8, 4) is 23.0 Å². The summed E-state index contributed by atoms with van der Waals surface area (Å²) in [6, 6.07) is 8.65. The fraction of sp³-hybridized carbons (Fsp3) is 0.417. The third-order valence-electron chi connectivity index (χ3n) is 5.82. The molecule has 2 atom stereocenters. The Labute approximate surface area is 191 Å². The smallest absolute Gasteiger partial charge is 0.276 e. The lowest BCUT2D eigenvalue weighted by atomic mass is 9.92. The molecular formula is C24H27NO8. The van der Waals surface area contributed by atoms with E-state index < -0.39 is 4.92 Å². The minimum atomic E-state index is -0.468. The standard InChI is InChI=1S/C12H13NO5.C12H14O3/c1-7(14)8-5-9-10(13(15)16)3-4-11(17-2)12(9)18-6-8;1-8(13)10-6-9-4-3-5-11(14-2)12(9)15-7-10/h3-4,8H,5-6H2,1-2H3;3-5,10H,6-7H2,1-2H3. The molecule has 0 saturated carbocycles. The molecule has 2 aliphatic heterocycles. The van der Waals surface area contributed by atoms with Crippen molar-refractivity contribution in [2.24, 2.45) is 11.8 Å². The molecule has 33 heavy (non-hydrogen) atoms. The number of benzene rings is 2. The van der Waals surface area contributed by atoms with Gasteiger partial charge in [0.15, 0.2) is 23.0 Å². The molecule has 4 rings (SSSR count). The summed E-state index contributed by atoms with van der Waals surface area (Å²) >= 11 is 0. The van der Waals surface area contributed by atoms with Gasteiger partial charge in [-0.05, 0) is 44.4 Å². The topological polar surface area (TPSA) is 114 Å². The molecule has 0 aliphatic carbocycles. The quantitative estimate of drug-likeness (QED) is 0.494. The monoisotopic (exact) mass is 457 g/mol. The molecule has 0 radical (unpaired) electrons. The Bertz CT molecular complexity index is 1060. The van der Waals surface area contributed by atoms with Gasteiger partial charge in [-0.25, -0.2) is 0 Å². The summed E-state index contributed by atoms with van der Waals surface area (Å²) in [5.74, 6) is 2.18. The molecule has 0 fully saturated rings. The lowest BCUT2D eigenvalue weighted by Crippen LogP contribution is -2.27. The number of nitro groups is 1. The summed E-state index contributed by atoms with van der Waals surface area (Å²) in [5.41, 5.74) is 1.46. The van der Waals surface area contributed by atoms with Gasteiger partial charge in [0.05, 0.1) is 49.8 Å². The molecule has 9 nitrogen and oxygen atoms in total. The van der Waals surface area contributed by atoms with Crippen molar-refractivity contribution in [1.82, 2.24) is 0 Å². The number of Topliss-reactive ketones (excluding diaryl/α,β-unsaturated/α-hetero) is 2. The van der Waals surface area contributed by atoms with Crippen LogP contribution in [0.3, 0.4) is 0 Å². The van der Waals surface area contributed by atoms with Gasteiger partial charge in [-0.2, -0.15) is 0 Å². The number of methoxy groups -OCH3 is 2. The lowest BCUT2D eigenvalue weighted by molar-refractivity contribution is -0.385. The van der Waals surface area contributed by atoms with E-state index in [-0.39, 0.29) is 35.7 Å². The molecule has 0 N–H and O–H groups in total. The Morgan fingerprint density at radius 2 is 1.48 bits per heavy atom.